The Bertz CT molecular complexity index is 484. The molecular weight excluding hydrogens is 238 g/mol. The third kappa shape index (κ3) is 2.60. The van der Waals surface area contributed by atoms with E-state index in [-0.39, 0.29) is 5.91 Å². The van der Waals surface area contributed by atoms with Crippen LogP contribution in [0.25, 0.3) is 0 Å². The van der Waals surface area contributed by atoms with Crippen molar-refractivity contribution in [2.75, 3.05) is 6.61 Å². The van der Waals surface area contributed by atoms with Crippen LogP contribution in [-0.2, 0) is 6.42 Å². The zero-order valence-corrected chi connectivity index (χ0v) is 11.4. The maximum atomic E-state index is 12.3. The number of benzene rings is 1. The first-order chi connectivity index (χ1) is 9.24. The number of nitrogens with one attached hydrogen (secondary N) is 1. The molecule has 1 heterocycles. The molecule has 1 fully saturated rings. The van der Waals surface area contributed by atoms with Crippen LogP contribution in [0, 0.1) is 5.92 Å². The Hall–Kier alpha value is -1.51. The number of amides is 1. The lowest BCUT2D eigenvalue weighted by Crippen LogP contribution is -2.41. The predicted octanol–water partition coefficient (Wildman–Crippen LogP) is 2.93. The third-order valence-electron chi connectivity index (χ3n) is 4.38. The minimum atomic E-state index is 0.0634. The molecular formula is C16H21NO2. The Morgan fingerprint density at radius 3 is 3.00 bits per heavy atom. The van der Waals surface area contributed by atoms with Crippen LogP contribution in [0.2, 0.25) is 0 Å². The molecule has 1 aliphatic heterocycles. The highest BCUT2D eigenvalue weighted by Gasteiger charge is 2.23. The number of carbonyl (C=O) groups is 1. The van der Waals surface area contributed by atoms with Crippen molar-refractivity contribution in [1.29, 1.82) is 0 Å². The van der Waals surface area contributed by atoms with Gasteiger partial charge in [-0.3, -0.25) is 4.79 Å². The molecule has 0 saturated heterocycles. The van der Waals surface area contributed by atoms with Gasteiger partial charge in [-0.25, -0.2) is 0 Å². The normalized spacial score (nSPS) is 25.5. The Morgan fingerprint density at radius 1 is 1.32 bits per heavy atom. The van der Waals surface area contributed by atoms with E-state index in [0.717, 1.165) is 36.3 Å². The van der Waals surface area contributed by atoms with Crippen LogP contribution < -0.4 is 10.1 Å². The predicted molar refractivity (Wildman–Crippen MR) is 74.5 cm³/mol. The SMILES string of the molecule is CC1CCCCC1NC(=O)c1ccc2c(c1)CCO2. The second-order valence-corrected chi connectivity index (χ2v) is 5.76. The molecule has 2 atom stereocenters. The lowest BCUT2D eigenvalue weighted by molar-refractivity contribution is 0.0910. The minimum Gasteiger partial charge on any atom is -0.493 e. The molecule has 2 aliphatic rings. The van der Waals surface area contributed by atoms with Gasteiger partial charge in [0.1, 0.15) is 5.75 Å². The Labute approximate surface area is 114 Å². The molecule has 0 bridgehead atoms. The first-order valence-corrected chi connectivity index (χ1v) is 7.30. The Morgan fingerprint density at radius 2 is 2.16 bits per heavy atom. The molecule has 0 radical (unpaired) electrons. The van der Waals surface area contributed by atoms with Crippen molar-refractivity contribution in [2.45, 2.75) is 45.1 Å². The summed E-state index contributed by atoms with van der Waals surface area (Å²) in [7, 11) is 0. The second-order valence-electron chi connectivity index (χ2n) is 5.76. The van der Waals surface area contributed by atoms with Crippen molar-refractivity contribution in [2.24, 2.45) is 5.92 Å². The van der Waals surface area contributed by atoms with Crippen LogP contribution in [0.1, 0.15) is 48.5 Å². The number of fused-ring (bicyclic) bond motifs is 1. The molecule has 1 aromatic rings. The lowest BCUT2D eigenvalue weighted by atomic mass is 9.86. The monoisotopic (exact) mass is 259 g/mol. The molecule has 19 heavy (non-hydrogen) atoms. The zero-order chi connectivity index (χ0) is 13.2. The van der Waals surface area contributed by atoms with E-state index in [1.54, 1.807) is 0 Å². The molecule has 1 aromatic carbocycles. The van der Waals surface area contributed by atoms with Crippen molar-refractivity contribution in [3.05, 3.63) is 29.3 Å². The van der Waals surface area contributed by atoms with Gasteiger partial charge in [-0.2, -0.15) is 0 Å². The van der Waals surface area contributed by atoms with Gasteiger partial charge in [0.05, 0.1) is 6.61 Å². The summed E-state index contributed by atoms with van der Waals surface area (Å²) < 4.78 is 5.47. The molecule has 1 aliphatic carbocycles. The summed E-state index contributed by atoms with van der Waals surface area (Å²) in [6.07, 6.45) is 5.78. The Kier molecular flexibility index (Phi) is 3.45. The number of hydrogen-bond donors (Lipinski definition) is 1. The fraction of sp³-hybridized carbons (Fsp3) is 0.562. The van der Waals surface area contributed by atoms with Crippen LogP contribution in [0.3, 0.4) is 0 Å². The summed E-state index contributed by atoms with van der Waals surface area (Å²) in [5.41, 5.74) is 1.92. The van der Waals surface area contributed by atoms with Gasteiger partial charge in [0, 0.05) is 18.0 Å². The van der Waals surface area contributed by atoms with Gasteiger partial charge in [0.2, 0.25) is 0 Å². The minimum absolute atomic E-state index is 0.0634. The lowest BCUT2D eigenvalue weighted by Gasteiger charge is -2.29. The average molecular weight is 259 g/mol. The largest absolute Gasteiger partial charge is 0.493 e. The molecule has 1 N–H and O–H groups in total. The van der Waals surface area contributed by atoms with Gasteiger partial charge in [-0.05, 0) is 42.5 Å². The highest BCUT2D eigenvalue weighted by Crippen LogP contribution is 2.27. The topological polar surface area (TPSA) is 38.3 Å². The standard InChI is InChI=1S/C16H21NO2/c1-11-4-2-3-5-14(11)17-16(18)13-6-7-15-12(10-13)8-9-19-15/h6-7,10-11,14H,2-5,8-9H2,1H3,(H,17,18). The molecule has 0 aromatic heterocycles. The summed E-state index contributed by atoms with van der Waals surface area (Å²) in [6, 6.07) is 6.10. The summed E-state index contributed by atoms with van der Waals surface area (Å²) in [4.78, 5) is 12.3. The van der Waals surface area contributed by atoms with Crippen LogP contribution >= 0.6 is 0 Å². The van der Waals surface area contributed by atoms with E-state index in [9.17, 15) is 4.79 Å². The molecule has 3 rings (SSSR count). The maximum Gasteiger partial charge on any atom is 0.251 e. The fourth-order valence-corrected chi connectivity index (χ4v) is 3.11. The molecule has 2 unspecified atom stereocenters. The van der Waals surface area contributed by atoms with E-state index in [2.05, 4.69) is 12.2 Å². The third-order valence-corrected chi connectivity index (χ3v) is 4.38. The van der Waals surface area contributed by atoms with Crippen molar-refractivity contribution in [3.8, 4) is 5.75 Å². The van der Waals surface area contributed by atoms with Gasteiger partial charge < -0.3 is 10.1 Å². The number of carbonyl (C=O) groups excluding carboxylic acids is 1. The van der Waals surface area contributed by atoms with Crippen molar-refractivity contribution < 1.29 is 9.53 Å². The highest BCUT2D eigenvalue weighted by molar-refractivity contribution is 5.94. The van der Waals surface area contributed by atoms with Crippen LogP contribution in [0.15, 0.2) is 18.2 Å². The number of ether oxygens (including phenoxy) is 1. The quantitative estimate of drug-likeness (QED) is 0.886. The smallest absolute Gasteiger partial charge is 0.251 e. The van der Waals surface area contributed by atoms with Gasteiger partial charge in [-0.15, -0.1) is 0 Å². The van der Waals surface area contributed by atoms with E-state index in [1.807, 2.05) is 18.2 Å². The molecule has 102 valence electrons. The summed E-state index contributed by atoms with van der Waals surface area (Å²) in [6.45, 7) is 2.97. The highest BCUT2D eigenvalue weighted by atomic mass is 16.5. The number of rotatable bonds is 2. The molecule has 1 amide bonds. The van der Waals surface area contributed by atoms with Crippen LogP contribution in [-0.4, -0.2) is 18.6 Å². The second kappa shape index (κ2) is 5.24. The molecule has 1 saturated carbocycles. The van der Waals surface area contributed by atoms with Gasteiger partial charge >= 0.3 is 0 Å². The zero-order valence-electron chi connectivity index (χ0n) is 11.4. The van der Waals surface area contributed by atoms with Crippen molar-refractivity contribution >= 4 is 5.91 Å². The van der Waals surface area contributed by atoms with E-state index in [1.165, 1.54) is 19.3 Å². The van der Waals surface area contributed by atoms with Crippen molar-refractivity contribution in [1.82, 2.24) is 5.32 Å². The maximum absolute atomic E-state index is 12.3. The van der Waals surface area contributed by atoms with Gasteiger partial charge in [0.15, 0.2) is 0 Å². The molecule has 0 spiro atoms. The average Bonchev–Trinajstić information content (AvgIpc) is 2.88. The molecule has 3 heteroatoms. The Balaban J connectivity index is 1.70. The van der Waals surface area contributed by atoms with Crippen LogP contribution in [0.4, 0.5) is 0 Å². The first-order valence-electron chi connectivity index (χ1n) is 7.30. The first kappa shape index (κ1) is 12.5. The van der Waals surface area contributed by atoms with E-state index >= 15 is 0 Å². The molecule has 3 nitrogen and oxygen atoms in total. The van der Waals surface area contributed by atoms with Gasteiger partial charge in [-0.1, -0.05) is 19.8 Å². The van der Waals surface area contributed by atoms with Gasteiger partial charge in [0.25, 0.3) is 5.91 Å². The van der Waals surface area contributed by atoms with E-state index < -0.39 is 0 Å². The fourth-order valence-electron chi connectivity index (χ4n) is 3.11. The van der Waals surface area contributed by atoms with Crippen LogP contribution in [0.5, 0.6) is 5.75 Å². The van der Waals surface area contributed by atoms with E-state index in [4.69, 9.17) is 4.74 Å². The van der Waals surface area contributed by atoms with Crippen molar-refractivity contribution in [3.63, 3.8) is 0 Å². The van der Waals surface area contributed by atoms with E-state index in [0.29, 0.717) is 12.0 Å². The summed E-state index contributed by atoms with van der Waals surface area (Å²) in [5, 5.41) is 3.20. The summed E-state index contributed by atoms with van der Waals surface area (Å²) >= 11 is 0. The summed E-state index contributed by atoms with van der Waals surface area (Å²) in [5.74, 6) is 1.59. The number of hydrogen-bond acceptors (Lipinski definition) is 2.